The van der Waals surface area contributed by atoms with E-state index in [2.05, 4.69) is 5.32 Å². The number of urea groups is 1. The number of imide groups is 1. The van der Waals surface area contributed by atoms with E-state index in [4.69, 9.17) is 14.2 Å². The molecule has 0 bridgehead atoms. The van der Waals surface area contributed by atoms with Gasteiger partial charge >= 0.3 is 12.0 Å². The minimum Gasteiger partial charge on any atom is -0.486 e. The minimum absolute atomic E-state index is 0.00366. The number of unbranched alkanes of at least 4 members (excludes halogenated alkanes) is 1. The van der Waals surface area contributed by atoms with Crippen LogP contribution in [0.25, 0.3) is 0 Å². The van der Waals surface area contributed by atoms with Gasteiger partial charge in [0.2, 0.25) is 0 Å². The average Bonchev–Trinajstić information content (AvgIpc) is 2.70. The minimum atomic E-state index is -3.76. The lowest BCUT2D eigenvalue weighted by molar-refractivity contribution is -0.147. The summed E-state index contributed by atoms with van der Waals surface area (Å²) in [5.74, 6) is -1.38. The maximum absolute atomic E-state index is 12.4. The third-order valence-corrected chi connectivity index (χ3v) is 5.59. The van der Waals surface area contributed by atoms with Gasteiger partial charge < -0.3 is 19.5 Å². The number of nitrogens with one attached hydrogen (secondary N) is 2. The molecule has 1 aliphatic rings. The highest BCUT2D eigenvalue weighted by atomic mass is 32.2. The summed E-state index contributed by atoms with van der Waals surface area (Å²) in [6, 6.07) is 3.54. The first kappa shape index (κ1) is 22.5. The smallest absolute Gasteiger partial charge is 0.321 e. The summed E-state index contributed by atoms with van der Waals surface area (Å²) in [4.78, 5) is 34.7. The van der Waals surface area contributed by atoms with Gasteiger partial charge in [-0.15, -0.1) is 0 Å². The molecule has 1 aliphatic heterocycles. The third kappa shape index (κ3) is 7.26. The fraction of sp³-hybridized carbons (Fsp3) is 0.500. The summed E-state index contributed by atoms with van der Waals surface area (Å²) in [6.07, 6.45) is 1.22. The van der Waals surface area contributed by atoms with Crippen molar-refractivity contribution in [1.29, 1.82) is 0 Å². The third-order valence-electron chi connectivity index (χ3n) is 3.88. The van der Waals surface area contributed by atoms with E-state index in [1.54, 1.807) is 0 Å². The molecule has 2 rings (SSSR count). The number of benzene rings is 1. The van der Waals surface area contributed by atoms with Crippen LogP contribution in [-0.2, 0) is 24.2 Å². The molecule has 10 nitrogen and oxygen atoms in total. The molecule has 29 heavy (non-hydrogen) atoms. The van der Waals surface area contributed by atoms with Crippen molar-refractivity contribution in [3.63, 3.8) is 0 Å². The number of carbonyl (C=O) groups is 3. The monoisotopic (exact) mass is 428 g/mol. The van der Waals surface area contributed by atoms with Crippen LogP contribution in [0.2, 0.25) is 0 Å². The summed E-state index contributed by atoms with van der Waals surface area (Å²) in [6.45, 7) is 2.41. The average molecular weight is 428 g/mol. The first-order valence-corrected chi connectivity index (χ1v) is 10.8. The summed E-state index contributed by atoms with van der Waals surface area (Å²) in [5.41, 5.74) is 0. The number of amides is 3. The van der Waals surface area contributed by atoms with Crippen LogP contribution in [0, 0.1) is 0 Å². The van der Waals surface area contributed by atoms with Gasteiger partial charge in [0.15, 0.2) is 27.9 Å². The number of ether oxygens (including phenoxy) is 3. The van der Waals surface area contributed by atoms with Crippen LogP contribution in [0.15, 0.2) is 23.1 Å². The molecule has 0 unspecified atom stereocenters. The van der Waals surface area contributed by atoms with E-state index in [-0.39, 0.29) is 4.90 Å². The molecule has 0 radical (unpaired) electrons. The van der Waals surface area contributed by atoms with Crippen molar-refractivity contribution >= 4 is 27.7 Å². The molecule has 2 N–H and O–H groups in total. The maximum Gasteiger partial charge on any atom is 0.321 e. The predicted octanol–water partition coefficient (Wildman–Crippen LogP) is 0.791. The van der Waals surface area contributed by atoms with Crippen molar-refractivity contribution < 1.29 is 37.0 Å². The van der Waals surface area contributed by atoms with E-state index in [1.807, 2.05) is 12.2 Å². The summed E-state index contributed by atoms with van der Waals surface area (Å²) < 4.78 is 40.2. The van der Waals surface area contributed by atoms with Crippen molar-refractivity contribution in [3.05, 3.63) is 18.2 Å². The quantitative estimate of drug-likeness (QED) is 0.435. The van der Waals surface area contributed by atoms with Gasteiger partial charge in [-0.05, 0) is 18.6 Å². The molecule has 11 heteroatoms. The van der Waals surface area contributed by atoms with Crippen LogP contribution in [0.3, 0.4) is 0 Å². The molecule has 0 aromatic heterocycles. The lowest BCUT2D eigenvalue weighted by Crippen LogP contribution is -2.41. The van der Waals surface area contributed by atoms with E-state index >= 15 is 0 Å². The molecule has 3 amide bonds. The number of hydrogen-bond acceptors (Lipinski definition) is 8. The number of sulfone groups is 1. The molecule has 160 valence electrons. The molecule has 1 aromatic carbocycles. The molecule has 0 saturated carbocycles. The molecular weight excluding hydrogens is 404 g/mol. The van der Waals surface area contributed by atoms with Gasteiger partial charge in [0.05, 0.1) is 17.1 Å². The summed E-state index contributed by atoms with van der Waals surface area (Å²) in [7, 11) is -3.76. The zero-order valence-electron chi connectivity index (χ0n) is 16.1. The van der Waals surface area contributed by atoms with E-state index < -0.39 is 46.5 Å². The Hall–Kier alpha value is -2.82. The fourth-order valence-corrected chi connectivity index (χ4v) is 3.59. The number of rotatable bonds is 9. The van der Waals surface area contributed by atoms with Crippen LogP contribution >= 0.6 is 0 Å². The summed E-state index contributed by atoms with van der Waals surface area (Å²) >= 11 is 0. The first-order chi connectivity index (χ1) is 13.8. The van der Waals surface area contributed by atoms with Crippen LogP contribution in [0.4, 0.5) is 4.79 Å². The zero-order valence-corrected chi connectivity index (χ0v) is 16.9. The number of hydrogen-bond donors (Lipinski definition) is 2. The molecule has 0 aliphatic carbocycles. The lowest BCUT2D eigenvalue weighted by Gasteiger charge is -2.18. The molecule has 0 fully saturated rings. The molecule has 0 saturated heterocycles. The second-order valence-electron chi connectivity index (χ2n) is 6.19. The summed E-state index contributed by atoms with van der Waals surface area (Å²) in [5, 5.41) is 4.49. The standard InChI is InChI=1S/C18H24N2O8S/c1-2-3-7-19-18(23)20-16(21)12-28-17(22)6-10-29(24,25)13-4-5-14-15(11-13)27-9-8-26-14/h4-5,11H,2-3,6-10,12H2,1H3,(H2,19,20,21,23). The van der Waals surface area contributed by atoms with E-state index in [9.17, 15) is 22.8 Å². The largest absolute Gasteiger partial charge is 0.486 e. The molecular formula is C18H24N2O8S. The van der Waals surface area contributed by atoms with Crippen LogP contribution in [0.1, 0.15) is 26.2 Å². The van der Waals surface area contributed by atoms with E-state index in [0.29, 0.717) is 31.3 Å². The lowest BCUT2D eigenvalue weighted by atomic mass is 10.3. The van der Waals surface area contributed by atoms with Crippen molar-refractivity contribution in [2.45, 2.75) is 31.1 Å². The highest BCUT2D eigenvalue weighted by Crippen LogP contribution is 2.32. The van der Waals surface area contributed by atoms with E-state index in [1.165, 1.54) is 18.2 Å². The highest BCUT2D eigenvalue weighted by molar-refractivity contribution is 7.91. The molecule has 1 aromatic rings. The van der Waals surface area contributed by atoms with Gasteiger partial charge in [-0.3, -0.25) is 14.9 Å². The second kappa shape index (κ2) is 10.6. The highest BCUT2D eigenvalue weighted by Gasteiger charge is 2.21. The Morgan fingerprint density at radius 1 is 1.14 bits per heavy atom. The molecule has 0 spiro atoms. The van der Waals surface area contributed by atoms with Crippen molar-refractivity contribution in [2.24, 2.45) is 0 Å². The predicted molar refractivity (Wildman–Crippen MR) is 102 cm³/mol. The van der Waals surface area contributed by atoms with Crippen LogP contribution in [-0.4, -0.2) is 58.4 Å². The number of carbonyl (C=O) groups excluding carboxylic acids is 3. The topological polar surface area (TPSA) is 137 Å². The SMILES string of the molecule is CCCCNC(=O)NC(=O)COC(=O)CCS(=O)(=O)c1ccc2c(c1)OCCO2. The van der Waals surface area contributed by atoms with Crippen molar-refractivity contribution in [3.8, 4) is 11.5 Å². The first-order valence-electron chi connectivity index (χ1n) is 9.17. The number of fused-ring (bicyclic) bond motifs is 1. The van der Waals surface area contributed by atoms with Gasteiger partial charge in [0.1, 0.15) is 13.2 Å². The Balaban J connectivity index is 1.76. The van der Waals surface area contributed by atoms with Crippen molar-refractivity contribution in [1.82, 2.24) is 10.6 Å². The van der Waals surface area contributed by atoms with Gasteiger partial charge in [-0.2, -0.15) is 0 Å². The van der Waals surface area contributed by atoms with Gasteiger partial charge in [0, 0.05) is 12.6 Å². The Morgan fingerprint density at radius 3 is 2.59 bits per heavy atom. The second-order valence-corrected chi connectivity index (χ2v) is 8.30. The Morgan fingerprint density at radius 2 is 1.86 bits per heavy atom. The van der Waals surface area contributed by atoms with Gasteiger partial charge in [0.25, 0.3) is 5.91 Å². The van der Waals surface area contributed by atoms with Crippen LogP contribution < -0.4 is 20.1 Å². The Bertz CT molecular complexity index is 853. The van der Waals surface area contributed by atoms with Crippen molar-refractivity contribution in [2.75, 3.05) is 32.1 Å². The zero-order chi connectivity index (χ0) is 21.3. The Labute approximate surface area is 168 Å². The molecule has 0 atom stereocenters. The van der Waals surface area contributed by atoms with E-state index in [0.717, 1.165) is 12.8 Å². The normalized spacial score (nSPS) is 12.7. The van der Waals surface area contributed by atoms with Crippen LogP contribution in [0.5, 0.6) is 11.5 Å². The fourth-order valence-electron chi connectivity index (χ4n) is 2.36. The van der Waals surface area contributed by atoms with Gasteiger partial charge in [-0.25, -0.2) is 13.2 Å². The number of esters is 1. The maximum atomic E-state index is 12.4. The van der Waals surface area contributed by atoms with Gasteiger partial charge in [-0.1, -0.05) is 13.3 Å². The Kier molecular flexibility index (Phi) is 8.25. The molecule has 1 heterocycles.